The highest BCUT2D eigenvalue weighted by molar-refractivity contribution is 6.31. The van der Waals surface area contributed by atoms with Crippen LogP contribution < -0.4 is 5.73 Å². The third kappa shape index (κ3) is 3.58. The van der Waals surface area contributed by atoms with E-state index in [1.807, 2.05) is 0 Å². The van der Waals surface area contributed by atoms with E-state index in [1.165, 1.54) is 12.5 Å². The molecule has 2 N–H and O–H groups in total. The Balaban J connectivity index is 0.00000162. The van der Waals surface area contributed by atoms with E-state index in [9.17, 15) is 4.39 Å². The molecule has 102 valence electrons. The van der Waals surface area contributed by atoms with Gasteiger partial charge < -0.3 is 5.73 Å². The number of halogens is 3. The summed E-state index contributed by atoms with van der Waals surface area (Å²) in [7, 11) is 0. The number of piperidine rings is 1. The molecular weight excluding hydrogens is 274 g/mol. The zero-order valence-corrected chi connectivity index (χ0v) is 11.8. The summed E-state index contributed by atoms with van der Waals surface area (Å²) in [5, 5.41) is 0.506. The molecule has 18 heavy (non-hydrogen) atoms. The van der Waals surface area contributed by atoms with E-state index in [2.05, 4.69) is 4.90 Å². The Kier molecular flexibility index (Phi) is 6.36. The van der Waals surface area contributed by atoms with Crippen LogP contribution in [0.25, 0.3) is 0 Å². The van der Waals surface area contributed by atoms with E-state index in [0.29, 0.717) is 29.7 Å². The van der Waals surface area contributed by atoms with Gasteiger partial charge in [-0.1, -0.05) is 24.1 Å². The molecule has 1 atom stereocenters. The van der Waals surface area contributed by atoms with Crippen molar-refractivity contribution in [3.8, 4) is 0 Å². The summed E-state index contributed by atoms with van der Waals surface area (Å²) >= 11 is 6.04. The first kappa shape index (κ1) is 15.7. The fourth-order valence-electron chi connectivity index (χ4n) is 2.42. The van der Waals surface area contributed by atoms with Gasteiger partial charge in [0, 0.05) is 29.7 Å². The van der Waals surface area contributed by atoms with Gasteiger partial charge in [0.05, 0.1) is 0 Å². The van der Waals surface area contributed by atoms with Gasteiger partial charge in [-0.3, -0.25) is 4.90 Å². The lowest BCUT2D eigenvalue weighted by Gasteiger charge is -2.35. The number of rotatable bonds is 3. The van der Waals surface area contributed by atoms with E-state index in [0.717, 1.165) is 19.4 Å². The average molecular weight is 293 g/mol. The van der Waals surface area contributed by atoms with Gasteiger partial charge in [0.1, 0.15) is 5.82 Å². The molecular formula is C13H19Cl2FN2. The van der Waals surface area contributed by atoms with E-state index in [4.69, 9.17) is 17.3 Å². The first-order chi connectivity index (χ1) is 8.22. The largest absolute Gasteiger partial charge is 0.329 e. The number of benzene rings is 1. The highest BCUT2D eigenvalue weighted by Gasteiger charge is 2.22. The zero-order chi connectivity index (χ0) is 12.3. The monoisotopic (exact) mass is 292 g/mol. The number of nitrogens with zero attached hydrogens (tertiary/aromatic N) is 1. The summed E-state index contributed by atoms with van der Waals surface area (Å²) in [5.74, 6) is -0.223. The maximum Gasteiger partial charge on any atom is 0.129 e. The lowest BCUT2D eigenvalue weighted by Crippen LogP contribution is -2.43. The quantitative estimate of drug-likeness (QED) is 0.927. The average Bonchev–Trinajstić information content (AvgIpc) is 2.34. The van der Waals surface area contributed by atoms with Gasteiger partial charge in [-0.05, 0) is 31.5 Å². The highest BCUT2D eigenvalue weighted by atomic mass is 35.5. The lowest BCUT2D eigenvalue weighted by molar-refractivity contribution is 0.143. The summed E-state index contributed by atoms with van der Waals surface area (Å²) in [5.41, 5.74) is 6.35. The Morgan fingerprint density at radius 3 is 2.83 bits per heavy atom. The van der Waals surface area contributed by atoms with Crippen LogP contribution >= 0.6 is 24.0 Å². The van der Waals surface area contributed by atoms with Crippen LogP contribution in [-0.4, -0.2) is 24.0 Å². The van der Waals surface area contributed by atoms with Crippen molar-refractivity contribution in [2.24, 2.45) is 5.73 Å². The van der Waals surface area contributed by atoms with Crippen molar-refractivity contribution < 1.29 is 4.39 Å². The number of nitrogens with two attached hydrogens (primary N) is 1. The molecule has 2 nitrogen and oxygen atoms in total. The summed E-state index contributed by atoms with van der Waals surface area (Å²) in [6, 6.07) is 5.20. The van der Waals surface area contributed by atoms with E-state index < -0.39 is 0 Å². The molecule has 1 heterocycles. The van der Waals surface area contributed by atoms with E-state index in [1.54, 1.807) is 12.1 Å². The van der Waals surface area contributed by atoms with E-state index >= 15 is 0 Å². The van der Waals surface area contributed by atoms with Crippen molar-refractivity contribution in [2.75, 3.05) is 13.1 Å². The van der Waals surface area contributed by atoms with Crippen LogP contribution in [0.5, 0.6) is 0 Å². The summed E-state index contributed by atoms with van der Waals surface area (Å²) < 4.78 is 13.7. The highest BCUT2D eigenvalue weighted by Crippen LogP contribution is 2.24. The minimum absolute atomic E-state index is 0. The van der Waals surface area contributed by atoms with Gasteiger partial charge in [-0.15, -0.1) is 12.4 Å². The smallest absolute Gasteiger partial charge is 0.129 e. The zero-order valence-electron chi connectivity index (χ0n) is 10.2. The second-order valence-corrected chi connectivity index (χ2v) is 4.96. The van der Waals surface area contributed by atoms with Gasteiger partial charge in [-0.2, -0.15) is 0 Å². The van der Waals surface area contributed by atoms with Gasteiger partial charge in [0.2, 0.25) is 0 Å². The lowest BCUT2D eigenvalue weighted by atomic mass is 10.0. The molecule has 5 heteroatoms. The van der Waals surface area contributed by atoms with Gasteiger partial charge in [0.25, 0.3) is 0 Å². The SMILES string of the molecule is Cl.NCC1CCCCN1Cc1c(F)cccc1Cl. The van der Waals surface area contributed by atoms with Crippen LogP contribution in [0, 0.1) is 5.82 Å². The maximum absolute atomic E-state index is 13.7. The standard InChI is InChI=1S/C13H18ClFN2.ClH/c14-12-5-3-6-13(15)11(12)9-17-7-2-1-4-10(17)8-16;/h3,5-6,10H,1-2,4,7-9,16H2;1H. The van der Waals surface area contributed by atoms with Crippen LogP contribution in [0.2, 0.25) is 5.02 Å². The summed E-state index contributed by atoms with van der Waals surface area (Å²) in [4.78, 5) is 2.24. The van der Waals surface area contributed by atoms with Crippen LogP contribution in [0.15, 0.2) is 18.2 Å². The van der Waals surface area contributed by atoms with Gasteiger partial charge in [0.15, 0.2) is 0 Å². The van der Waals surface area contributed by atoms with Crippen LogP contribution in [0.1, 0.15) is 24.8 Å². The molecule has 0 saturated carbocycles. The second kappa shape index (κ2) is 7.29. The Morgan fingerprint density at radius 2 is 2.17 bits per heavy atom. The molecule has 1 fully saturated rings. The molecule has 1 unspecified atom stereocenters. The Morgan fingerprint density at radius 1 is 1.39 bits per heavy atom. The van der Waals surface area contributed by atoms with E-state index in [-0.39, 0.29) is 18.2 Å². The fraction of sp³-hybridized carbons (Fsp3) is 0.538. The minimum atomic E-state index is -0.223. The molecule has 1 saturated heterocycles. The van der Waals surface area contributed by atoms with Crippen molar-refractivity contribution >= 4 is 24.0 Å². The van der Waals surface area contributed by atoms with Crippen molar-refractivity contribution in [2.45, 2.75) is 31.8 Å². The molecule has 1 aromatic rings. The third-order valence-electron chi connectivity index (χ3n) is 3.44. The Hall–Kier alpha value is -0.350. The fourth-order valence-corrected chi connectivity index (χ4v) is 2.64. The first-order valence-electron chi connectivity index (χ1n) is 6.09. The van der Waals surface area contributed by atoms with Crippen LogP contribution in [0.4, 0.5) is 4.39 Å². The second-order valence-electron chi connectivity index (χ2n) is 4.56. The predicted molar refractivity (Wildman–Crippen MR) is 75.8 cm³/mol. The van der Waals surface area contributed by atoms with Crippen molar-refractivity contribution in [3.05, 3.63) is 34.6 Å². The molecule has 2 rings (SSSR count). The summed E-state index contributed by atoms with van der Waals surface area (Å²) in [6.45, 7) is 2.17. The van der Waals surface area contributed by atoms with Crippen molar-refractivity contribution in [3.63, 3.8) is 0 Å². The molecule has 1 aromatic carbocycles. The molecule has 0 spiro atoms. The molecule has 1 aliphatic rings. The van der Waals surface area contributed by atoms with Gasteiger partial charge in [-0.25, -0.2) is 4.39 Å². The predicted octanol–water partition coefficient (Wildman–Crippen LogP) is 3.21. The molecule has 0 bridgehead atoms. The van der Waals surface area contributed by atoms with Gasteiger partial charge >= 0.3 is 0 Å². The third-order valence-corrected chi connectivity index (χ3v) is 3.80. The molecule has 0 aromatic heterocycles. The Labute approximate surface area is 119 Å². The summed E-state index contributed by atoms with van der Waals surface area (Å²) in [6.07, 6.45) is 3.47. The molecule has 1 aliphatic heterocycles. The molecule has 0 amide bonds. The van der Waals surface area contributed by atoms with Crippen molar-refractivity contribution in [1.82, 2.24) is 4.90 Å². The van der Waals surface area contributed by atoms with Crippen molar-refractivity contribution in [1.29, 1.82) is 0 Å². The number of likely N-dealkylation sites (tertiary alicyclic amines) is 1. The number of hydrogen-bond donors (Lipinski definition) is 1. The topological polar surface area (TPSA) is 29.3 Å². The normalized spacial score (nSPS) is 20.5. The van der Waals surface area contributed by atoms with Crippen LogP contribution in [0.3, 0.4) is 0 Å². The van der Waals surface area contributed by atoms with Crippen LogP contribution in [-0.2, 0) is 6.54 Å². The maximum atomic E-state index is 13.7. The minimum Gasteiger partial charge on any atom is -0.329 e. The number of hydrogen-bond acceptors (Lipinski definition) is 2. The molecule has 0 radical (unpaired) electrons. The molecule has 0 aliphatic carbocycles. The first-order valence-corrected chi connectivity index (χ1v) is 6.47. The Bertz CT molecular complexity index is 367.